The third kappa shape index (κ3) is 3.28. The lowest BCUT2D eigenvalue weighted by Gasteiger charge is -2.17. The molecule has 0 saturated carbocycles. The number of benzene rings is 1. The Morgan fingerprint density at radius 2 is 1.90 bits per heavy atom. The van der Waals surface area contributed by atoms with Crippen molar-refractivity contribution in [2.75, 3.05) is 5.32 Å². The zero-order valence-electron chi connectivity index (χ0n) is 11.9. The summed E-state index contributed by atoms with van der Waals surface area (Å²) in [7, 11) is 0. The molecule has 6 nitrogen and oxygen atoms in total. The lowest BCUT2D eigenvalue weighted by Crippen LogP contribution is -2.30. The predicted octanol–water partition coefficient (Wildman–Crippen LogP) is 2.17. The van der Waals surface area contributed by atoms with Gasteiger partial charge in [-0.15, -0.1) is 0 Å². The molecular weight excluding hydrogens is 270 g/mol. The molecule has 0 radical (unpaired) electrons. The number of aliphatic carboxylic acids is 1. The molecule has 0 fully saturated rings. The Hall–Kier alpha value is -2.63. The van der Waals surface area contributed by atoms with Gasteiger partial charge in [0.25, 0.3) is 0 Å². The number of carbonyl (C=O) groups is 2. The molecule has 0 aliphatic heterocycles. The average Bonchev–Trinajstić information content (AvgIpc) is 3.00. The first-order valence-electron chi connectivity index (χ1n) is 6.63. The van der Waals surface area contributed by atoms with Crippen molar-refractivity contribution in [2.45, 2.75) is 13.8 Å². The third-order valence-electron chi connectivity index (χ3n) is 3.47. The van der Waals surface area contributed by atoms with Crippen LogP contribution in [0.2, 0.25) is 0 Å². The maximum atomic E-state index is 12.2. The van der Waals surface area contributed by atoms with Gasteiger partial charge in [-0.1, -0.05) is 26.0 Å². The monoisotopic (exact) mass is 287 g/mol. The van der Waals surface area contributed by atoms with Crippen molar-refractivity contribution in [1.82, 2.24) is 9.78 Å². The van der Waals surface area contributed by atoms with E-state index in [1.54, 1.807) is 42.2 Å². The maximum absolute atomic E-state index is 12.2. The van der Waals surface area contributed by atoms with Crippen molar-refractivity contribution in [3.05, 3.63) is 42.7 Å². The molecular formula is C15H17N3O3. The Balaban J connectivity index is 2.21. The van der Waals surface area contributed by atoms with E-state index >= 15 is 0 Å². The molecule has 2 rings (SSSR count). The van der Waals surface area contributed by atoms with Crippen molar-refractivity contribution in [3.8, 4) is 5.69 Å². The molecule has 1 heterocycles. The Morgan fingerprint density at radius 3 is 2.52 bits per heavy atom. The predicted molar refractivity (Wildman–Crippen MR) is 78.2 cm³/mol. The van der Waals surface area contributed by atoms with Crippen LogP contribution in [0.3, 0.4) is 0 Å². The van der Waals surface area contributed by atoms with Gasteiger partial charge in [0.1, 0.15) is 0 Å². The van der Waals surface area contributed by atoms with Crippen molar-refractivity contribution in [1.29, 1.82) is 0 Å². The largest absolute Gasteiger partial charge is 0.481 e. The standard InChI is InChI=1S/C15H17N3O3/c1-10(11(2)15(20)21)14(19)17-12-6-3-4-7-13(12)18-9-5-8-16-18/h3-11H,1-2H3,(H,17,19)(H,20,21). The quantitative estimate of drug-likeness (QED) is 0.882. The number of para-hydroxylation sites is 2. The molecule has 6 heteroatoms. The van der Waals surface area contributed by atoms with Crippen LogP contribution in [-0.2, 0) is 9.59 Å². The Labute approximate surface area is 122 Å². The van der Waals surface area contributed by atoms with E-state index in [9.17, 15) is 9.59 Å². The highest BCUT2D eigenvalue weighted by Crippen LogP contribution is 2.21. The second-order valence-electron chi connectivity index (χ2n) is 4.87. The number of aromatic nitrogens is 2. The van der Waals surface area contributed by atoms with E-state index in [0.717, 1.165) is 5.69 Å². The zero-order valence-corrected chi connectivity index (χ0v) is 11.9. The first-order chi connectivity index (χ1) is 10.0. The first-order valence-corrected chi connectivity index (χ1v) is 6.63. The topological polar surface area (TPSA) is 84.2 Å². The molecule has 0 saturated heterocycles. The van der Waals surface area contributed by atoms with Crippen LogP contribution in [-0.4, -0.2) is 26.8 Å². The highest BCUT2D eigenvalue weighted by atomic mass is 16.4. The summed E-state index contributed by atoms with van der Waals surface area (Å²) in [4.78, 5) is 23.1. The summed E-state index contributed by atoms with van der Waals surface area (Å²) in [5.74, 6) is -2.70. The Morgan fingerprint density at radius 1 is 1.19 bits per heavy atom. The van der Waals surface area contributed by atoms with Crippen molar-refractivity contribution in [2.24, 2.45) is 11.8 Å². The van der Waals surface area contributed by atoms with Crippen molar-refractivity contribution >= 4 is 17.6 Å². The summed E-state index contributed by atoms with van der Waals surface area (Å²) in [5.41, 5.74) is 1.32. The van der Waals surface area contributed by atoms with E-state index < -0.39 is 17.8 Å². The zero-order chi connectivity index (χ0) is 15.4. The number of carboxylic acid groups (broad SMARTS) is 1. The molecule has 1 amide bonds. The van der Waals surface area contributed by atoms with Crippen molar-refractivity contribution in [3.63, 3.8) is 0 Å². The van der Waals surface area contributed by atoms with Gasteiger partial charge < -0.3 is 10.4 Å². The maximum Gasteiger partial charge on any atom is 0.307 e. The summed E-state index contributed by atoms with van der Waals surface area (Å²) in [6, 6.07) is 9.01. The van der Waals surface area contributed by atoms with Crippen LogP contribution in [0.15, 0.2) is 42.7 Å². The minimum absolute atomic E-state index is 0.329. The van der Waals surface area contributed by atoms with Crippen LogP contribution in [0.5, 0.6) is 0 Å². The molecule has 21 heavy (non-hydrogen) atoms. The van der Waals surface area contributed by atoms with Gasteiger partial charge in [-0.3, -0.25) is 9.59 Å². The van der Waals surface area contributed by atoms with Crippen LogP contribution in [0, 0.1) is 11.8 Å². The summed E-state index contributed by atoms with van der Waals surface area (Å²) in [5, 5.41) is 15.9. The lowest BCUT2D eigenvalue weighted by atomic mass is 9.95. The van der Waals surface area contributed by atoms with E-state index in [1.807, 2.05) is 12.1 Å². The van der Waals surface area contributed by atoms with E-state index in [2.05, 4.69) is 10.4 Å². The molecule has 0 aliphatic carbocycles. The number of amides is 1. The molecule has 0 spiro atoms. The fourth-order valence-corrected chi connectivity index (χ4v) is 1.88. The average molecular weight is 287 g/mol. The molecule has 0 bridgehead atoms. The highest BCUT2D eigenvalue weighted by Gasteiger charge is 2.26. The smallest absolute Gasteiger partial charge is 0.307 e. The molecule has 2 aromatic rings. The number of rotatable bonds is 5. The van der Waals surface area contributed by atoms with Gasteiger partial charge in [0, 0.05) is 18.3 Å². The molecule has 0 aliphatic rings. The number of hydrogen-bond acceptors (Lipinski definition) is 3. The second kappa shape index (κ2) is 6.21. The summed E-state index contributed by atoms with van der Waals surface area (Å²) in [6.07, 6.45) is 3.42. The number of nitrogens with zero attached hydrogens (tertiary/aromatic N) is 2. The molecule has 2 unspecified atom stereocenters. The van der Waals surface area contributed by atoms with Crippen LogP contribution >= 0.6 is 0 Å². The summed E-state index contributed by atoms with van der Waals surface area (Å²) in [6.45, 7) is 3.12. The fourth-order valence-electron chi connectivity index (χ4n) is 1.88. The van der Waals surface area contributed by atoms with Gasteiger partial charge in [-0.2, -0.15) is 5.10 Å². The highest BCUT2D eigenvalue weighted by molar-refractivity contribution is 5.96. The van der Waals surface area contributed by atoms with Crippen LogP contribution in [0.1, 0.15) is 13.8 Å². The van der Waals surface area contributed by atoms with Crippen LogP contribution in [0.25, 0.3) is 5.69 Å². The number of nitrogens with one attached hydrogen (secondary N) is 1. The van der Waals surface area contributed by atoms with Gasteiger partial charge in [-0.25, -0.2) is 4.68 Å². The minimum Gasteiger partial charge on any atom is -0.481 e. The van der Waals surface area contributed by atoms with E-state index in [4.69, 9.17) is 5.11 Å². The SMILES string of the molecule is CC(C(=O)O)C(C)C(=O)Nc1ccccc1-n1cccn1. The van der Waals surface area contributed by atoms with Gasteiger partial charge in [0.15, 0.2) is 0 Å². The number of hydrogen-bond donors (Lipinski definition) is 2. The number of carbonyl (C=O) groups excluding carboxylic acids is 1. The normalized spacial score (nSPS) is 13.4. The second-order valence-corrected chi connectivity index (χ2v) is 4.87. The van der Waals surface area contributed by atoms with Crippen LogP contribution < -0.4 is 5.32 Å². The summed E-state index contributed by atoms with van der Waals surface area (Å²) < 4.78 is 1.64. The van der Waals surface area contributed by atoms with Crippen LogP contribution in [0.4, 0.5) is 5.69 Å². The third-order valence-corrected chi connectivity index (χ3v) is 3.47. The van der Waals surface area contributed by atoms with E-state index in [0.29, 0.717) is 5.69 Å². The van der Waals surface area contributed by atoms with Gasteiger partial charge >= 0.3 is 5.97 Å². The number of carboxylic acids is 1. The minimum atomic E-state index is -0.988. The van der Waals surface area contributed by atoms with Gasteiger partial charge in [0.05, 0.1) is 17.3 Å². The molecule has 110 valence electrons. The van der Waals surface area contributed by atoms with E-state index in [1.165, 1.54) is 6.92 Å². The Bertz CT molecular complexity index is 637. The lowest BCUT2D eigenvalue weighted by molar-refractivity contribution is -0.145. The van der Waals surface area contributed by atoms with E-state index in [-0.39, 0.29) is 5.91 Å². The van der Waals surface area contributed by atoms with Gasteiger partial charge in [-0.05, 0) is 18.2 Å². The first kappa shape index (κ1) is 14.8. The fraction of sp³-hybridized carbons (Fsp3) is 0.267. The molecule has 2 N–H and O–H groups in total. The molecule has 1 aromatic carbocycles. The molecule has 2 atom stereocenters. The molecule has 1 aromatic heterocycles. The summed E-state index contributed by atoms with van der Waals surface area (Å²) >= 11 is 0. The van der Waals surface area contributed by atoms with Gasteiger partial charge in [0.2, 0.25) is 5.91 Å². The Kier molecular flexibility index (Phi) is 4.37. The number of anilines is 1. The van der Waals surface area contributed by atoms with Crippen molar-refractivity contribution < 1.29 is 14.7 Å².